The molecule has 0 aliphatic heterocycles. The van der Waals surface area contributed by atoms with E-state index in [1.807, 2.05) is 0 Å². The minimum Gasteiger partial charge on any atom is -0.481 e. The Morgan fingerprint density at radius 2 is 1.70 bits per heavy atom. The summed E-state index contributed by atoms with van der Waals surface area (Å²) in [6, 6.07) is 0. The summed E-state index contributed by atoms with van der Waals surface area (Å²) in [7, 11) is -2.98. The second kappa shape index (κ2) is 6.43. The number of carboxylic acids is 1. The summed E-state index contributed by atoms with van der Waals surface area (Å²) in [5, 5.41) is 8.70. The smallest absolute Gasteiger partial charge is 0.306 e. The van der Waals surface area contributed by atoms with Gasteiger partial charge in [0.2, 0.25) is 0 Å². The van der Waals surface area contributed by atoms with Gasteiger partial charge in [-0.1, -0.05) is 0 Å². The molecule has 0 saturated heterocycles. The van der Waals surface area contributed by atoms with Crippen molar-refractivity contribution in [2.45, 2.75) is 68.8 Å². The molecule has 2 atom stereocenters. The second-order valence-electron chi connectivity index (χ2n) is 6.19. The normalized spacial score (nSPS) is 35.6. The Hall–Kier alpha value is -0.620. The van der Waals surface area contributed by atoms with Gasteiger partial charge in [0.15, 0.2) is 0 Å². The number of carbonyl (C=O) groups is 1. The molecule has 116 valence electrons. The van der Waals surface area contributed by atoms with E-state index in [0.29, 0.717) is 19.3 Å². The van der Waals surface area contributed by atoms with E-state index in [2.05, 4.69) is 0 Å². The van der Waals surface area contributed by atoms with E-state index in [9.17, 15) is 13.2 Å². The Bertz CT molecular complexity index is 436. The number of ether oxygens (including phenoxy) is 1. The topological polar surface area (TPSA) is 80.7 Å². The molecule has 0 aromatic carbocycles. The molecule has 2 aliphatic rings. The molecule has 1 N–H and O–H groups in total. The van der Waals surface area contributed by atoms with E-state index < -0.39 is 15.8 Å². The minimum atomic E-state index is -2.98. The van der Waals surface area contributed by atoms with Crippen LogP contribution in [0.15, 0.2) is 0 Å². The van der Waals surface area contributed by atoms with Crippen LogP contribution in [-0.2, 0) is 19.4 Å². The first-order chi connectivity index (χ1) is 9.36. The molecule has 5 nitrogen and oxygen atoms in total. The van der Waals surface area contributed by atoms with Gasteiger partial charge in [-0.25, -0.2) is 8.42 Å². The van der Waals surface area contributed by atoms with Crippen LogP contribution in [0.5, 0.6) is 0 Å². The molecule has 0 aromatic rings. The molecule has 2 fully saturated rings. The van der Waals surface area contributed by atoms with Crippen molar-refractivity contribution in [3.63, 3.8) is 0 Å². The summed E-state index contributed by atoms with van der Waals surface area (Å²) in [4.78, 5) is 10.9. The first-order valence-electron chi connectivity index (χ1n) is 7.43. The second-order valence-corrected chi connectivity index (χ2v) is 8.51. The molecule has 0 aromatic heterocycles. The van der Waals surface area contributed by atoms with E-state index in [4.69, 9.17) is 9.84 Å². The van der Waals surface area contributed by atoms with E-state index in [1.54, 1.807) is 0 Å². The average Bonchev–Trinajstić information content (AvgIpc) is 2.38. The van der Waals surface area contributed by atoms with Crippen LogP contribution in [0.3, 0.4) is 0 Å². The lowest BCUT2D eigenvalue weighted by Gasteiger charge is -2.33. The van der Waals surface area contributed by atoms with Crippen LogP contribution >= 0.6 is 0 Å². The van der Waals surface area contributed by atoms with Crippen LogP contribution in [0, 0.1) is 5.92 Å². The quantitative estimate of drug-likeness (QED) is 0.859. The van der Waals surface area contributed by atoms with Crippen molar-refractivity contribution in [1.82, 2.24) is 0 Å². The fourth-order valence-electron chi connectivity index (χ4n) is 3.33. The molecular formula is C14H24O5S. The average molecular weight is 304 g/mol. The molecule has 0 heterocycles. The molecular weight excluding hydrogens is 280 g/mol. The molecule has 2 aliphatic carbocycles. The molecule has 20 heavy (non-hydrogen) atoms. The van der Waals surface area contributed by atoms with Crippen molar-refractivity contribution in [1.29, 1.82) is 0 Å². The van der Waals surface area contributed by atoms with Gasteiger partial charge in [0, 0.05) is 6.26 Å². The molecule has 0 radical (unpaired) electrons. The number of sulfone groups is 1. The van der Waals surface area contributed by atoms with Crippen LogP contribution < -0.4 is 0 Å². The van der Waals surface area contributed by atoms with Gasteiger partial charge in [0.25, 0.3) is 0 Å². The van der Waals surface area contributed by atoms with E-state index >= 15 is 0 Å². The highest BCUT2D eigenvalue weighted by atomic mass is 32.2. The summed E-state index contributed by atoms with van der Waals surface area (Å²) in [6.45, 7) is 0. The van der Waals surface area contributed by atoms with Gasteiger partial charge in [0.05, 0.1) is 23.4 Å². The largest absolute Gasteiger partial charge is 0.481 e. The van der Waals surface area contributed by atoms with E-state index in [1.165, 1.54) is 6.26 Å². The Balaban J connectivity index is 1.81. The van der Waals surface area contributed by atoms with Gasteiger partial charge in [-0.15, -0.1) is 0 Å². The highest BCUT2D eigenvalue weighted by Gasteiger charge is 2.32. The van der Waals surface area contributed by atoms with Crippen molar-refractivity contribution in [2.24, 2.45) is 5.92 Å². The van der Waals surface area contributed by atoms with Gasteiger partial charge in [-0.3, -0.25) is 4.79 Å². The van der Waals surface area contributed by atoms with Crippen LogP contribution in [0.2, 0.25) is 0 Å². The fourth-order valence-corrected chi connectivity index (χ4v) is 4.49. The van der Waals surface area contributed by atoms with Gasteiger partial charge >= 0.3 is 5.97 Å². The molecule has 0 bridgehead atoms. The maximum atomic E-state index is 11.6. The summed E-state index contributed by atoms with van der Waals surface area (Å²) in [6.07, 6.45) is 7.47. The molecule has 0 amide bonds. The summed E-state index contributed by atoms with van der Waals surface area (Å²) in [5.74, 6) is -0.941. The number of hydrogen-bond donors (Lipinski definition) is 1. The Kier molecular flexibility index (Phi) is 5.07. The van der Waals surface area contributed by atoms with Crippen LogP contribution in [-0.4, -0.2) is 43.2 Å². The summed E-state index contributed by atoms with van der Waals surface area (Å²) < 4.78 is 29.3. The molecule has 0 spiro atoms. The first-order valence-corrected chi connectivity index (χ1v) is 9.39. The maximum Gasteiger partial charge on any atom is 0.306 e. The van der Waals surface area contributed by atoms with Crippen molar-refractivity contribution in [2.75, 3.05) is 6.26 Å². The van der Waals surface area contributed by atoms with Crippen LogP contribution in [0.25, 0.3) is 0 Å². The highest BCUT2D eigenvalue weighted by molar-refractivity contribution is 7.91. The Morgan fingerprint density at radius 3 is 2.25 bits per heavy atom. The van der Waals surface area contributed by atoms with Crippen LogP contribution in [0.4, 0.5) is 0 Å². The standard InChI is InChI=1S/C14H24O5S/c1-20(17,18)13-4-2-3-12(9-13)19-11-7-5-10(6-8-11)14(15)16/h10-13H,2-9H2,1H3,(H,15,16). The minimum absolute atomic E-state index is 0.0230. The first kappa shape index (κ1) is 15.8. The molecule has 6 heteroatoms. The van der Waals surface area contributed by atoms with Crippen molar-refractivity contribution in [3.05, 3.63) is 0 Å². The number of carboxylic acid groups (broad SMARTS) is 1. The SMILES string of the molecule is CS(=O)(=O)C1CCCC(OC2CCC(C(=O)O)CC2)C1. The zero-order valence-electron chi connectivity index (χ0n) is 12.0. The van der Waals surface area contributed by atoms with Crippen molar-refractivity contribution in [3.8, 4) is 0 Å². The number of rotatable bonds is 4. The third-order valence-electron chi connectivity index (χ3n) is 4.59. The van der Waals surface area contributed by atoms with Gasteiger partial charge in [-0.05, 0) is 51.4 Å². The number of aliphatic carboxylic acids is 1. The van der Waals surface area contributed by atoms with Crippen molar-refractivity contribution < 1.29 is 23.1 Å². The highest BCUT2D eigenvalue weighted by Crippen LogP contribution is 2.31. The zero-order chi connectivity index (χ0) is 14.8. The summed E-state index contributed by atoms with van der Waals surface area (Å²) in [5.41, 5.74) is 0. The Labute approximate surface area is 120 Å². The maximum absolute atomic E-state index is 11.6. The third kappa shape index (κ3) is 4.19. The predicted octanol–water partition coefficient (Wildman–Crippen LogP) is 2.00. The van der Waals surface area contributed by atoms with E-state index in [0.717, 1.165) is 32.1 Å². The lowest BCUT2D eigenvalue weighted by molar-refractivity contribution is -0.144. The monoisotopic (exact) mass is 304 g/mol. The lowest BCUT2D eigenvalue weighted by Crippen LogP contribution is -2.35. The molecule has 2 saturated carbocycles. The number of hydrogen-bond acceptors (Lipinski definition) is 4. The fraction of sp³-hybridized carbons (Fsp3) is 0.929. The molecule has 2 unspecified atom stereocenters. The Morgan fingerprint density at radius 1 is 1.05 bits per heavy atom. The van der Waals surface area contributed by atoms with Crippen molar-refractivity contribution >= 4 is 15.8 Å². The third-order valence-corrected chi connectivity index (χ3v) is 6.23. The summed E-state index contributed by atoms with van der Waals surface area (Å²) >= 11 is 0. The predicted molar refractivity (Wildman–Crippen MR) is 75.4 cm³/mol. The lowest BCUT2D eigenvalue weighted by atomic mass is 9.87. The van der Waals surface area contributed by atoms with E-state index in [-0.39, 0.29) is 23.4 Å². The zero-order valence-corrected chi connectivity index (χ0v) is 12.8. The van der Waals surface area contributed by atoms with Gasteiger partial charge < -0.3 is 9.84 Å². The molecule has 2 rings (SSSR count). The van der Waals surface area contributed by atoms with Gasteiger partial charge in [0.1, 0.15) is 9.84 Å². The van der Waals surface area contributed by atoms with Crippen LogP contribution in [0.1, 0.15) is 51.4 Å². The van der Waals surface area contributed by atoms with Gasteiger partial charge in [-0.2, -0.15) is 0 Å².